The summed E-state index contributed by atoms with van der Waals surface area (Å²) in [4.78, 5) is 13.1. The normalized spacial score (nSPS) is 23.6. The summed E-state index contributed by atoms with van der Waals surface area (Å²) in [6, 6.07) is 3.37. The predicted octanol–water partition coefficient (Wildman–Crippen LogP) is 1.29. The van der Waals surface area contributed by atoms with Gasteiger partial charge in [-0.05, 0) is 31.5 Å². The number of carbonyl (C=O) groups excluding carboxylic acids is 1. The van der Waals surface area contributed by atoms with E-state index in [0.29, 0.717) is 24.9 Å². The van der Waals surface area contributed by atoms with E-state index >= 15 is 0 Å². The Morgan fingerprint density at radius 2 is 2.24 bits per heavy atom. The van der Waals surface area contributed by atoms with Gasteiger partial charge in [0.25, 0.3) is 5.91 Å². The van der Waals surface area contributed by atoms with E-state index in [-0.39, 0.29) is 6.54 Å². The van der Waals surface area contributed by atoms with E-state index < -0.39 is 23.1 Å². The van der Waals surface area contributed by atoms with Crippen LogP contribution >= 0.6 is 0 Å². The van der Waals surface area contributed by atoms with Gasteiger partial charge in [0.2, 0.25) is 0 Å². The first-order valence-corrected chi connectivity index (χ1v) is 6.77. The first kappa shape index (κ1) is 15.6. The van der Waals surface area contributed by atoms with Crippen molar-refractivity contribution in [2.45, 2.75) is 18.4 Å². The lowest BCUT2D eigenvalue weighted by molar-refractivity contribution is -0.141. The summed E-state index contributed by atoms with van der Waals surface area (Å²) in [6.45, 7) is 1.34. The van der Waals surface area contributed by atoms with Crippen molar-refractivity contribution in [3.05, 3.63) is 41.5 Å². The molecule has 1 aliphatic rings. The zero-order valence-corrected chi connectivity index (χ0v) is 11.6. The van der Waals surface area contributed by atoms with Crippen LogP contribution in [-0.4, -0.2) is 41.1 Å². The van der Waals surface area contributed by atoms with Crippen LogP contribution in [0.3, 0.4) is 0 Å². The Kier molecular flexibility index (Phi) is 4.69. The molecule has 21 heavy (non-hydrogen) atoms. The van der Waals surface area contributed by atoms with Gasteiger partial charge in [-0.25, -0.2) is 8.78 Å². The lowest BCUT2D eigenvalue weighted by Crippen LogP contribution is -2.55. The van der Waals surface area contributed by atoms with Gasteiger partial charge in [-0.15, -0.1) is 0 Å². The smallest absolute Gasteiger partial charge is 0.250 e. The van der Waals surface area contributed by atoms with Gasteiger partial charge in [-0.1, -0.05) is 12.2 Å². The zero-order valence-electron chi connectivity index (χ0n) is 11.6. The van der Waals surface area contributed by atoms with Crippen LogP contribution in [0.5, 0.6) is 0 Å². The van der Waals surface area contributed by atoms with Crippen LogP contribution in [-0.2, 0) is 4.79 Å². The first-order chi connectivity index (χ1) is 9.90. The number of primary amides is 1. The number of hydrogen-bond acceptors (Lipinski definition) is 3. The maximum atomic E-state index is 13.4. The third-order valence-electron chi connectivity index (χ3n) is 3.63. The van der Waals surface area contributed by atoms with Crippen molar-refractivity contribution < 1.29 is 18.7 Å². The molecule has 0 spiro atoms. The van der Waals surface area contributed by atoms with Crippen molar-refractivity contribution in [1.29, 1.82) is 0 Å². The van der Waals surface area contributed by atoms with E-state index in [1.54, 1.807) is 12.2 Å². The predicted molar refractivity (Wildman–Crippen MR) is 75.2 cm³/mol. The Hall–Kier alpha value is -1.79. The van der Waals surface area contributed by atoms with Crippen molar-refractivity contribution in [3.8, 4) is 0 Å². The molecule has 1 unspecified atom stereocenters. The van der Waals surface area contributed by atoms with Gasteiger partial charge in [-0.3, -0.25) is 9.69 Å². The number of nitrogens with zero attached hydrogens (tertiary/aromatic N) is 1. The molecule has 1 amide bonds. The number of amides is 1. The van der Waals surface area contributed by atoms with E-state index in [1.807, 2.05) is 4.90 Å². The Morgan fingerprint density at radius 1 is 1.48 bits per heavy atom. The minimum absolute atomic E-state index is 0.165. The Balaban J connectivity index is 1.96. The summed E-state index contributed by atoms with van der Waals surface area (Å²) in [5, 5.41) is 10.1. The minimum Gasteiger partial charge on any atom is -0.379 e. The molecule has 1 aromatic carbocycles. The SMILES string of the molecule is NC(=O)C1(O)CCCN(C/C=C/c2ccc(F)cc2F)C1. The summed E-state index contributed by atoms with van der Waals surface area (Å²) < 4.78 is 26.2. The number of nitrogens with two attached hydrogens (primary N) is 1. The van der Waals surface area contributed by atoms with Gasteiger partial charge in [-0.2, -0.15) is 0 Å². The molecule has 114 valence electrons. The number of likely N-dealkylation sites (tertiary alicyclic amines) is 1. The number of benzene rings is 1. The van der Waals surface area contributed by atoms with Crippen molar-refractivity contribution in [3.63, 3.8) is 0 Å². The minimum atomic E-state index is -1.49. The largest absolute Gasteiger partial charge is 0.379 e. The molecule has 1 heterocycles. The maximum Gasteiger partial charge on any atom is 0.250 e. The molecule has 0 aromatic heterocycles. The number of rotatable bonds is 4. The molecular weight excluding hydrogens is 278 g/mol. The second-order valence-electron chi connectivity index (χ2n) is 5.30. The summed E-state index contributed by atoms with van der Waals surface area (Å²) in [5.41, 5.74) is 4.00. The quantitative estimate of drug-likeness (QED) is 0.880. The molecule has 1 aliphatic heterocycles. The van der Waals surface area contributed by atoms with Crippen LogP contribution in [0.4, 0.5) is 8.78 Å². The average molecular weight is 296 g/mol. The lowest BCUT2D eigenvalue weighted by Gasteiger charge is -2.36. The van der Waals surface area contributed by atoms with Gasteiger partial charge >= 0.3 is 0 Å². The highest BCUT2D eigenvalue weighted by atomic mass is 19.1. The van der Waals surface area contributed by atoms with E-state index in [0.717, 1.165) is 12.6 Å². The second-order valence-corrected chi connectivity index (χ2v) is 5.30. The lowest BCUT2D eigenvalue weighted by atomic mass is 9.92. The van der Waals surface area contributed by atoms with Crippen LogP contribution in [0, 0.1) is 11.6 Å². The first-order valence-electron chi connectivity index (χ1n) is 6.77. The number of carbonyl (C=O) groups is 1. The summed E-state index contributed by atoms with van der Waals surface area (Å²) in [6.07, 6.45) is 4.28. The van der Waals surface area contributed by atoms with Crippen molar-refractivity contribution in [2.75, 3.05) is 19.6 Å². The summed E-state index contributed by atoms with van der Waals surface area (Å²) >= 11 is 0. The monoisotopic (exact) mass is 296 g/mol. The van der Waals surface area contributed by atoms with E-state index in [1.165, 1.54) is 12.1 Å². The van der Waals surface area contributed by atoms with Crippen molar-refractivity contribution in [1.82, 2.24) is 4.90 Å². The highest BCUT2D eigenvalue weighted by Crippen LogP contribution is 2.20. The van der Waals surface area contributed by atoms with Gasteiger partial charge in [0.15, 0.2) is 5.60 Å². The number of aliphatic hydroxyl groups is 1. The second kappa shape index (κ2) is 6.32. The average Bonchev–Trinajstić information content (AvgIpc) is 2.41. The maximum absolute atomic E-state index is 13.4. The van der Waals surface area contributed by atoms with Gasteiger partial charge in [0.1, 0.15) is 11.6 Å². The molecule has 0 saturated carbocycles. The fourth-order valence-electron chi connectivity index (χ4n) is 2.45. The highest BCUT2D eigenvalue weighted by molar-refractivity contribution is 5.83. The Morgan fingerprint density at radius 3 is 2.90 bits per heavy atom. The molecule has 1 aromatic rings. The summed E-state index contributed by atoms with van der Waals surface area (Å²) in [7, 11) is 0. The van der Waals surface area contributed by atoms with E-state index in [9.17, 15) is 18.7 Å². The van der Waals surface area contributed by atoms with Gasteiger partial charge in [0, 0.05) is 24.7 Å². The topological polar surface area (TPSA) is 66.6 Å². The van der Waals surface area contributed by atoms with Crippen molar-refractivity contribution >= 4 is 12.0 Å². The third-order valence-corrected chi connectivity index (χ3v) is 3.63. The molecule has 1 atom stereocenters. The fourth-order valence-corrected chi connectivity index (χ4v) is 2.45. The Bertz CT molecular complexity index is 563. The zero-order chi connectivity index (χ0) is 15.5. The number of piperidine rings is 1. The van der Waals surface area contributed by atoms with E-state index in [4.69, 9.17) is 5.73 Å². The standard InChI is InChI=1S/C15H18F2N2O2/c16-12-5-4-11(13(17)9-12)3-1-7-19-8-2-6-15(21,10-19)14(18)20/h1,3-5,9,21H,2,6-8,10H2,(H2,18,20)/b3-1+. The van der Waals surface area contributed by atoms with Crippen LogP contribution in [0.15, 0.2) is 24.3 Å². The van der Waals surface area contributed by atoms with Crippen molar-refractivity contribution in [2.24, 2.45) is 5.73 Å². The molecule has 0 radical (unpaired) electrons. The van der Waals surface area contributed by atoms with Gasteiger partial charge in [0.05, 0.1) is 0 Å². The molecule has 4 nitrogen and oxygen atoms in total. The number of β-amino-alcohol motifs (C(OH)–C–C–N with tert-alkyl or cyclic N) is 1. The number of halogens is 2. The molecule has 2 rings (SSSR count). The van der Waals surface area contributed by atoms with Crippen LogP contribution in [0.2, 0.25) is 0 Å². The molecule has 1 fully saturated rings. The molecule has 3 N–H and O–H groups in total. The number of hydrogen-bond donors (Lipinski definition) is 2. The fraction of sp³-hybridized carbons (Fsp3) is 0.400. The van der Waals surface area contributed by atoms with Gasteiger partial charge < -0.3 is 10.8 Å². The summed E-state index contributed by atoms with van der Waals surface area (Å²) in [5.74, 6) is -1.97. The Labute approximate surface area is 121 Å². The third kappa shape index (κ3) is 3.86. The molecule has 6 heteroatoms. The van der Waals surface area contributed by atoms with Crippen LogP contribution in [0.1, 0.15) is 18.4 Å². The molecule has 1 saturated heterocycles. The highest BCUT2D eigenvalue weighted by Gasteiger charge is 2.38. The van der Waals surface area contributed by atoms with E-state index in [2.05, 4.69) is 0 Å². The molecule has 0 bridgehead atoms. The van der Waals surface area contributed by atoms with Crippen LogP contribution < -0.4 is 5.73 Å². The molecular formula is C15H18F2N2O2. The van der Waals surface area contributed by atoms with Crippen LogP contribution in [0.25, 0.3) is 6.08 Å². The molecule has 0 aliphatic carbocycles.